The first-order chi connectivity index (χ1) is 14.1. The van der Waals surface area contributed by atoms with Crippen LogP contribution >= 0.6 is 11.3 Å². The second kappa shape index (κ2) is 8.53. The van der Waals surface area contributed by atoms with E-state index in [2.05, 4.69) is 10.3 Å². The van der Waals surface area contributed by atoms with Crippen molar-refractivity contribution in [1.29, 1.82) is 0 Å². The maximum atomic E-state index is 13.4. The number of benzene rings is 2. The predicted molar refractivity (Wildman–Crippen MR) is 111 cm³/mol. The van der Waals surface area contributed by atoms with Gasteiger partial charge in [0, 0.05) is 24.2 Å². The van der Waals surface area contributed by atoms with Crippen LogP contribution in [0.5, 0.6) is 0 Å². The molecule has 2 heterocycles. The summed E-state index contributed by atoms with van der Waals surface area (Å²) in [5, 5.41) is 4.66. The first-order valence-electron chi connectivity index (χ1n) is 9.44. The van der Waals surface area contributed by atoms with Gasteiger partial charge in [-0.3, -0.25) is 9.59 Å². The van der Waals surface area contributed by atoms with Crippen LogP contribution in [0.25, 0.3) is 11.1 Å². The number of hydrogen-bond acceptors (Lipinski definition) is 4. The Morgan fingerprint density at radius 1 is 1.14 bits per heavy atom. The summed E-state index contributed by atoms with van der Waals surface area (Å²) in [6.07, 6.45) is 1.53. The number of nitrogens with zero attached hydrogens (tertiary/aromatic N) is 2. The highest BCUT2D eigenvalue weighted by Crippen LogP contribution is 2.24. The Labute approximate surface area is 172 Å². The third-order valence-corrected chi connectivity index (χ3v) is 5.63. The van der Waals surface area contributed by atoms with Crippen molar-refractivity contribution in [3.63, 3.8) is 0 Å². The molecule has 1 aliphatic rings. The lowest BCUT2D eigenvalue weighted by Crippen LogP contribution is -2.43. The van der Waals surface area contributed by atoms with E-state index in [0.717, 1.165) is 24.0 Å². The molecule has 0 saturated carbocycles. The molecule has 0 bridgehead atoms. The lowest BCUT2D eigenvalue weighted by atomic mass is 9.96. The largest absolute Gasteiger partial charge is 0.336 e. The van der Waals surface area contributed by atoms with Gasteiger partial charge in [0.05, 0.1) is 11.4 Å². The molecule has 148 valence electrons. The minimum Gasteiger partial charge on any atom is -0.336 e. The Bertz CT molecular complexity index is 1010. The Kier molecular flexibility index (Phi) is 5.67. The fourth-order valence-corrected chi connectivity index (χ4v) is 4.04. The minimum atomic E-state index is -0.283. The fourth-order valence-electron chi connectivity index (χ4n) is 3.51. The monoisotopic (exact) mass is 409 g/mol. The van der Waals surface area contributed by atoms with Crippen molar-refractivity contribution in [2.24, 2.45) is 5.92 Å². The van der Waals surface area contributed by atoms with Crippen molar-refractivity contribution < 1.29 is 14.0 Å². The maximum Gasteiger partial charge on any atom is 0.273 e. The van der Waals surface area contributed by atoms with Gasteiger partial charge < -0.3 is 10.2 Å². The highest BCUT2D eigenvalue weighted by molar-refractivity contribution is 7.07. The number of thiazole rings is 1. The SMILES string of the molecule is O=C(Nc1ccc(-c2cccc(F)c2)cc1)C1CCCN(C(=O)c2cscn2)C1. The van der Waals surface area contributed by atoms with Crippen LogP contribution in [0.1, 0.15) is 23.3 Å². The quantitative estimate of drug-likeness (QED) is 0.693. The predicted octanol–water partition coefficient (Wildman–Crippen LogP) is 4.44. The van der Waals surface area contributed by atoms with E-state index in [1.165, 1.54) is 23.5 Å². The van der Waals surface area contributed by atoms with Gasteiger partial charge in [-0.05, 0) is 48.2 Å². The van der Waals surface area contributed by atoms with Gasteiger partial charge in [0.2, 0.25) is 5.91 Å². The lowest BCUT2D eigenvalue weighted by Gasteiger charge is -2.31. The molecule has 2 aromatic carbocycles. The van der Waals surface area contributed by atoms with Gasteiger partial charge in [0.25, 0.3) is 5.91 Å². The third kappa shape index (κ3) is 4.51. The number of aromatic nitrogens is 1. The Balaban J connectivity index is 1.39. The topological polar surface area (TPSA) is 62.3 Å². The van der Waals surface area contributed by atoms with Crippen LogP contribution in [0.3, 0.4) is 0 Å². The number of nitrogens with one attached hydrogen (secondary N) is 1. The summed E-state index contributed by atoms with van der Waals surface area (Å²) in [4.78, 5) is 31.0. The molecule has 29 heavy (non-hydrogen) atoms. The van der Waals surface area contributed by atoms with Crippen molar-refractivity contribution in [2.45, 2.75) is 12.8 Å². The van der Waals surface area contributed by atoms with E-state index in [0.29, 0.717) is 24.5 Å². The molecule has 0 spiro atoms. The molecule has 1 unspecified atom stereocenters. The van der Waals surface area contributed by atoms with Crippen molar-refractivity contribution in [1.82, 2.24) is 9.88 Å². The van der Waals surface area contributed by atoms with E-state index in [1.807, 2.05) is 18.2 Å². The standard InChI is InChI=1S/C22H20FN3O2S/c23-18-5-1-3-16(11-18)15-6-8-19(9-7-15)25-21(27)17-4-2-10-26(12-17)22(28)20-13-29-14-24-20/h1,3,5-9,11,13-14,17H,2,4,10,12H2,(H,25,27). The number of likely N-dealkylation sites (tertiary alicyclic amines) is 1. The highest BCUT2D eigenvalue weighted by atomic mass is 32.1. The first-order valence-corrected chi connectivity index (χ1v) is 10.4. The van der Waals surface area contributed by atoms with E-state index >= 15 is 0 Å². The van der Waals surface area contributed by atoms with Gasteiger partial charge in [0.15, 0.2) is 0 Å². The number of carbonyl (C=O) groups is 2. The second-order valence-corrected chi connectivity index (χ2v) is 7.76. The second-order valence-electron chi connectivity index (χ2n) is 7.04. The molecule has 7 heteroatoms. The molecule has 1 aromatic heterocycles. The van der Waals surface area contributed by atoms with E-state index in [1.54, 1.807) is 34.0 Å². The molecule has 1 N–H and O–H groups in total. The zero-order chi connectivity index (χ0) is 20.2. The summed E-state index contributed by atoms with van der Waals surface area (Å²) in [6.45, 7) is 1.03. The first kappa shape index (κ1) is 19.3. The summed E-state index contributed by atoms with van der Waals surface area (Å²) < 4.78 is 13.4. The zero-order valence-electron chi connectivity index (χ0n) is 15.7. The van der Waals surface area contributed by atoms with Gasteiger partial charge in [-0.2, -0.15) is 0 Å². The number of rotatable bonds is 4. The smallest absolute Gasteiger partial charge is 0.273 e. The molecule has 2 amide bonds. The summed E-state index contributed by atoms with van der Waals surface area (Å²) >= 11 is 1.38. The lowest BCUT2D eigenvalue weighted by molar-refractivity contribution is -0.121. The van der Waals surface area contributed by atoms with E-state index in [4.69, 9.17) is 0 Å². The summed E-state index contributed by atoms with van der Waals surface area (Å²) in [7, 11) is 0. The molecular weight excluding hydrogens is 389 g/mol. The molecule has 1 atom stereocenters. The summed E-state index contributed by atoms with van der Waals surface area (Å²) in [6, 6.07) is 13.7. The van der Waals surface area contributed by atoms with Crippen molar-refractivity contribution in [3.05, 3.63) is 70.9 Å². The fraction of sp³-hybridized carbons (Fsp3) is 0.227. The average Bonchev–Trinajstić information content (AvgIpc) is 3.29. The van der Waals surface area contributed by atoms with E-state index < -0.39 is 0 Å². The van der Waals surface area contributed by atoms with Crippen LogP contribution < -0.4 is 5.32 Å². The Morgan fingerprint density at radius 3 is 2.69 bits per heavy atom. The van der Waals surface area contributed by atoms with Crippen LogP contribution in [0.2, 0.25) is 0 Å². The number of halogens is 1. The van der Waals surface area contributed by atoms with E-state index in [9.17, 15) is 14.0 Å². The molecule has 0 radical (unpaired) electrons. The van der Waals surface area contributed by atoms with Crippen LogP contribution in [0, 0.1) is 11.7 Å². The van der Waals surface area contributed by atoms with Gasteiger partial charge in [-0.1, -0.05) is 24.3 Å². The number of hydrogen-bond donors (Lipinski definition) is 1. The molecular formula is C22H20FN3O2S. The van der Waals surface area contributed by atoms with Crippen LogP contribution in [-0.2, 0) is 4.79 Å². The van der Waals surface area contributed by atoms with Gasteiger partial charge >= 0.3 is 0 Å². The normalized spacial score (nSPS) is 16.4. The molecule has 3 aromatic rings. The van der Waals surface area contributed by atoms with Crippen LogP contribution in [0.4, 0.5) is 10.1 Å². The van der Waals surface area contributed by atoms with Crippen molar-refractivity contribution >= 4 is 28.8 Å². The van der Waals surface area contributed by atoms with Gasteiger partial charge in [0.1, 0.15) is 11.5 Å². The molecule has 1 aliphatic heterocycles. The summed E-state index contributed by atoms with van der Waals surface area (Å²) in [5.41, 5.74) is 4.41. The number of amides is 2. The average molecular weight is 409 g/mol. The van der Waals surface area contributed by atoms with Gasteiger partial charge in [-0.25, -0.2) is 9.37 Å². The van der Waals surface area contributed by atoms with Crippen molar-refractivity contribution in [2.75, 3.05) is 18.4 Å². The number of anilines is 1. The Morgan fingerprint density at radius 2 is 1.97 bits per heavy atom. The summed E-state index contributed by atoms with van der Waals surface area (Å²) in [5.74, 6) is -0.759. The molecule has 4 rings (SSSR count). The van der Waals surface area contributed by atoms with Crippen molar-refractivity contribution in [3.8, 4) is 11.1 Å². The Hall–Kier alpha value is -3.06. The molecule has 0 aliphatic carbocycles. The molecule has 5 nitrogen and oxygen atoms in total. The van der Waals surface area contributed by atoms with Crippen LogP contribution in [0.15, 0.2) is 59.4 Å². The molecule has 1 saturated heterocycles. The maximum absolute atomic E-state index is 13.4. The van der Waals surface area contributed by atoms with E-state index in [-0.39, 0.29) is 23.5 Å². The minimum absolute atomic E-state index is 0.0979. The van der Waals surface area contributed by atoms with Gasteiger partial charge in [-0.15, -0.1) is 11.3 Å². The third-order valence-electron chi connectivity index (χ3n) is 5.04. The number of piperidine rings is 1. The molecule has 1 fully saturated rings. The number of carbonyl (C=O) groups excluding carboxylic acids is 2. The zero-order valence-corrected chi connectivity index (χ0v) is 16.5. The highest BCUT2D eigenvalue weighted by Gasteiger charge is 2.29. The van der Waals surface area contributed by atoms with Crippen LogP contribution in [-0.4, -0.2) is 34.8 Å².